The quantitative estimate of drug-likeness (QED) is 0.859. The van der Waals surface area contributed by atoms with Crippen LogP contribution in [0.1, 0.15) is 31.4 Å². The summed E-state index contributed by atoms with van der Waals surface area (Å²) in [6, 6.07) is 10.3. The Morgan fingerprint density at radius 2 is 2.28 bits per heavy atom. The number of alkyl carbamates (subject to hydrolysis) is 1. The maximum Gasteiger partial charge on any atom is 0.407 e. The van der Waals surface area contributed by atoms with Crippen molar-refractivity contribution in [1.29, 1.82) is 0 Å². The van der Waals surface area contributed by atoms with Gasteiger partial charge in [0.05, 0.1) is 12.6 Å². The second-order valence-electron chi connectivity index (χ2n) is 4.46. The molecule has 2 unspecified atom stereocenters. The van der Waals surface area contributed by atoms with Crippen LogP contribution >= 0.6 is 0 Å². The van der Waals surface area contributed by atoms with Crippen molar-refractivity contribution in [3.63, 3.8) is 0 Å². The highest BCUT2D eigenvalue weighted by Gasteiger charge is 2.27. The zero-order chi connectivity index (χ0) is 12.8. The highest BCUT2D eigenvalue weighted by Crippen LogP contribution is 2.23. The Morgan fingerprint density at radius 1 is 1.50 bits per heavy atom. The fraction of sp³-hybridized carbons (Fsp3) is 0.500. The van der Waals surface area contributed by atoms with E-state index in [9.17, 15) is 4.79 Å². The third kappa shape index (κ3) is 3.23. The van der Waals surface area contributed by atoms with Crippen molar-refractivity contribution < 1.29 is 9.53 Å². The predicted octanol–water partition coefficient (Wildman–Crippen LogP) is 2.23. The molecule has 4 nitrogen and oxygen atoms in total. The van der Waals surface area contributed by atoms with Crippen LogP contribution in [0.25, 0.3) is 0 Å². The van der Waals surface area contributed by atoms with E-state index < -0.39 is 0 Å². The number of nitrogens with one attached hydrogen (secondary N) is 2. The van der Waals surface area contributed by atoms with Crippen LogP contribution in [0.4, 0.5) is 4.79 Å². The lowest BCUT2D eigenvalue weighted by Gasteiger charge is -2.25. The molecule has 1 aromatic rings. The van der Waals surface area contributed by atoms with Crippen molar-refractivity contribution in [3.8, 4) is 0 Å². The van der Waals surface area contributed by atoms with E-state index in [-0.39, 0.29) is 18.2 Å². The molecule has 1 heterocycles. The normalized spacial score (nSPS) is 20.4. The first kappa shape index (κ1) is 12.9. The number of benzene rings is 1. The van der Waals surface area contributed by atoms with E-state index in [2.05, 4.69) is 10.6 Å². The van der Waals surface area contributed by atoms with Crippen molar-refractivity contribution in [2.24, 2.45) is 0 Å². The molecule has 1 fully saturated rings. The van der Waals surface area contributed by atoms with Gasteiger partial charge in [-0.2, -0.15) is 0 Å². The minimum Gasteiger partial charge on any atom is -0.450 e. The minimum absolute atomic E-state index is 0.0206. The van der Waals surface area contributed by atoms with E-state index in [0.717, 1.165) is 24.9 Å². The molecular formula is C14H20N2O2. The molecule has 1 aliphatic heterocycles. The molecule has 2 rings (SSSR count). The molecule has 1 amide bonds. The zero-order valence-electron chi connectivity index (χ0n) is 10.7. The Balaban J connectivity index is 2.10. The summed E-state index contributed by atoms with van der Waals surface area (Å²) >= 11 is 0. The molecule has 4 heteroatoms. The highest BCUT2D eigenvalue weighted by atomic mass is 16.5. The summed E-state index contributed by atoms with van der Waals surface area (Å²) in [4.78, 5) is 11.6. The summed E-state index contributed by atoms with van der Waals surface area (Å²) in [6.07, 6.45) is 1.88. The van der Waals surface area contributed by atoms with Crippen molar-refractivity contribution in [3.05, 3.63) is 35.9 Å². The first-order valence-corrected chi connectivity index (χ1v) is 6.53. The Bertz CT molecular complexity index is 375. The third-order valence-electron chi connectivity index (χ3n) is 3.21. The first-order valence-electron chi connectivity index (χ1n) is 6.53. The standard InChI is InChI=1S/C14H20N2O2/c1-2-18-14(17)16-13(12-9-6-10-15-12)11-7-4-3-5-8-11/h3-5,7-8,12-13,15H,2,6,9-10H2,1H3,(H,16,17). The molecule has 1 aromatic carbocycles. The maximum atomic E-state index is 11.6. The van der Waals surface area contributed by atoms with Gasteiger partial charge in [0, 0.05) is 6.04 Å². The van der Waals surface area contributed by atoms with E-state index in [1.165, 1.54) is 0 Å². The Morgan fingerprint density at radius 3 is 2.89 bits per heavy atom. The van der Waals surface area contributed by atoms with Gasteiger partial charge in [-0.15, -0.1) is 0 Å². The number of hydrogen-bond donors (Lipinski definition) is 2. The molecule has 1 aliphatic rings. The fourth-order valence-corrected chi connectivity index (χ4v) is 2.37. The largest absolute Gasteiger partial charge is 0.450 e. The summed E-state index contributed by atoms with van der Waals surface area (Å²) in [5, 5.41) is 6.38. The number of carbonyl (C=O) groups is 1. The zero-order valence-corrected chi connectivity index (χ0v) is 10.7. The van der Waals surface area contributed by atoms with Gasteiger partial charge in [-0.3, -0.25) is 0 Å². The Labute approximate surface area is 108 Å². The van der Waals surface area contributed by atoms with Gasteiger partial charge in [-0.1, -0.05) is 30.3 Å². The van der Waals surface area contributed by atoms with Crippen LogP contribution in [0, 0.1) is 0 Å². The number of rotatable bonds is 4. The molecule has 2 N–H and O–H groups in total. The van der Waals surface area contributed by atoms with E-state index >= 15 is 0 Å². The molecule has 0 saturated carbocycles. The van der Waals surface area contributed by atoms with Gasteiger partial charge in [0.15, 0.2) is 0 Å². The summed E-state index contributed by atoms with van der Waals surface area (Å²) in [7, 11) is 0. The SMILES string of the molecule is CCOC(=O)NC(c1ccccc1)C1CCCN1. The second kappa shape index (κ2) is 6.40. The summed E-state index contributed by atoms with van der Waals surface area (Å²) in [5.41, 5.74) is 1.12. The van der Waals surface area contributed by atoms with Crippen LogP contribution in [-0.4, -0.2) is 25.3 Å². The first-order chi connectivity index (χ1) is 8.81. The van der Waals surface area contributed by atoms with Crippen molar-refractivity contribution in [2.75, 3.05) is 13.2 Å². The lowest BCUT2D eigenvalue weighted by molar-refractivity contribution is 0.145. The van der Waals surface area contributed by atoms with Gasteiger partial charge in [-0.25, -0.2) is 4.79 Å². The van der Waals surface area contributed by atoms with Gasteiger partial charge < -0.3 is 15.4 Å². The molecule has 2 atom stereocenters. The van der Waals surface area contributed by atoms with E-state index in [1.54, 1.807) is 0 Å². The lowest BCUT2D eigenvalue weighted by atomic mass is 9.98. The van der Waals surface area contributed by atoms with Crippen LogP contribution in [-0.2, 0) is 4.74 Å². The second-order valence-corrected chi connectivity index (χ2v) is 4.46. The fourth-order valence-electron chi connectivity index (χ4n) is 2.37. The number of ether oxygens (including phenoxy) is 1. The smallest absolute Gasteiger partial charge is 0.407 e. The average Bonchev–Trinajstić information content (AvgIpc) is 2.91. The van der Waals surface area contributed by atoms with E-state index in [1.807, 2.05) is 37.3 Å². The monoisotopic (exact) mass is 248 g/mol. The molecule has 0 aromatic heterocycles. The van der Waals surface area contributed by atoms with Crippen LogP contribution in [0.2, 0.25) is 0 Å². The summed E-state index contributed by atoms with van der Waals surface area (Å²) < 4.78 is 4.98. The van der Waals surface area contributed by atoms with Gasteiger partial charge in [-0.05, 0) is 31.9 Å². The van der Waals surface area contributed by atoms with Crippen molar-refractivity contribution in [2.45, 2.75) is 31.8 Å². The topological polar surface area (TPSA) is 50.4 Å². The molecule has 0 bridgehead atoms. The molecular weight excluding hydrogens is 228 g/mol. The predicted molar refractivity (Wildman–Crippen MR) is 70.4 cm³/mol. The molecule has 0 spiro atoms. The average molecular weight is 248 g/mol. The number of amides is 1. The Kier molecular flexibility index (Phi) is 4.59. The molecule has 0 aliphatic carbocycles. The van der Waals surface area contributed by atoms with Crippen LogP contribution in [0.3, 0.4) is 0 Å². The maximum absolute atomic E-state index is 11.6. The molecule has 98 valence electrons. The van der Waals surface area contributed by atoms with Gasteiger partial charge in [0.2, 0.25) is 0 Å². The highest BCUT2D eigenvalue weighted by molar-refractivity contribution is 5.68. The van der Waals surface area contributed by atoms with Crippen LogP contribution in [0.15, 0.2) is 30.3 Å². The third-order valence-corrected chi connectivity index (χ3v) is 3.21. The van der Waals surface area contributed by atoms with Crippen LogP contribution in [0.5, 0.6) is 0 Å². The van der Waals surface area contributed by atoms with Gasteiger partial charge in [0.25, 0.3) is 0 Å². The number of carbonyl (C=O) groups excluding carboxylic acids is 1. The lowest BCUT2D eigenvalue weighted by Crippen LogP contribution is -2.41. The van der Waals surface area contributed by atoms with Gasteiger partial charge in [0.1, 0.15) is 0 Å². The van der Waals surface area contributed by atoms with Crippen molar-refractivity contribution in [1.82, 2.24) is 10.6 Å². The summed E-state index contributed by atoms with van der Waals surface area (Å²) in [6.45, 7) is 3.22. The molecule has 1 saturated heterocycles. The minimum atomic E-state index is -0.347. The van der Waals surface area contributed by atoms with Gasteiger partial charge >= 0.3 is 6.09 Å². The molecule has 0 radical (unpaired) electrons. The van der Waals surface area contributed by atoms with Crippen molar-refractivity contribution >= 4 is 6.09 Å². The Hall–Kier alpha value is -1.55. The van der Waals surface area contributed by atoms with Crippen LogP contribution < -0.4 is 10.6 Å². The van der Waals surface area contributed by atoms with E-state index in [4.69, 9.17) is 4.74 Å². The summed E-state index contributed by atoms with van der Waals surface area (Å²) in [5.74, 6) is 0. The molecule has 18 heavy (non-hydrogen) atoms. The van der Waals surface area contributed by atoms with E-state index in [0.29, 0.717) is 6.61 Å². The number of hydrogen-bond acceptors (Lipinski definition) is 3.